The number of benzene rings is 1. The van der Waals surface area contributed by atoms with Crippen LogP contribution in [0.25, 0.3) is 6.08 Å². The highest BCUT2D eigenvalue weighted by Crippen LogP contribution is 2.21. The summed E-state index contributed by atoms with van der Waals surface area (Å²) < 4.78 is 11.0. The van der Waals surface area contributed by atoms with E-state index in [1.54, 1.807) is 14.2 Å². The Kier molecular flexibility index (Phi) is 5.70. The Morgan fingerprint density at radius 1 is 1.25 bits per heavy atom. The van der Waals surface area contributed by atoms with Crippen molar-refractivity contribution in [1.29, 1.82) is 0 Å². The number of aliphatic imine (C=N–C) groups is 1. The highest BCUT2D eigenvalue weighted by Gasteiger charge is 2.26. The van der Waals surface area contributed by atoms with Gasteiger partial charge in [-0.3, -0.25) is 4.99 Å². The molecule has 4 heteroatoms. The summed E-state index contributed by atoms with van der Waals surface area (Å²) in [6.07, 6.45) is 7.32. The van der Waals surface area contributed by atoms with Crippen molar-refractivity contribution >= 4 is 21.1 Å². The van der Waals surface area contributed by atoms with Gasteiger partial charge in [0.1, 0.15) is 0 Å². The van der Waals surface area contributed by atoms with Gasteiger partial charge in [0.15, 0.2) is 0 Å². The van der Waals surface area contributed by atoms with Crippen LogP contribution in [0.3, 0.4) is 0 Å². The van der Waals surface area contributed by atoms with Crippen LogP contribution in [0.5, 0.6) is 0 Å². The molecule has 1 aliphatic carbocycles. The van der Waals surface area contributed by atoms with E-state index in [1.807, 2.05) is 0 Å². The molecule has 2 rings (SSSR count). The molecule has 0 heterocycles. The largest absolute Gasteiger partial charge is 0.411 e. The zero-order valence-electron chi connectivity index (χ0n) is 12.4. The Morgan fingerprint density at radius 2 is 2.00 bits per heavy atom. The second-order valence-corrected chi connectivity index (χ2v) is 6.92. The van der Waals surface area contributed by atoms with E-state index < -0.39 is 9.28 Å². The molecule has 0 amide bonds. The SMILES string of the molecule is CCCC(N=C1CC=Cc2ccccc21)[Si](OC)OC. The van der Waals surface area contributed by atoms with Crippen LogP contribution in [0, 0.1) is 0 Å². The van der Waals surface area contributed by atoms with Crippen LogP contribution in [0.4, 0.5) is 0 Å². The first-order chi connectivity index (χ1) is 9.80. The minimum atomic E-state index is -1.34. The average molecular weight is 288 g/mol. The van der Waals surface area contributed by atoms with E-state index >= 15 is 0 Å². The van der Waals surface area contributed by atoms with Gasteiger partial charge in [0, 0.05) is 31.9 Å². The molecule has 0 fully saturated rings. The van der Waals surface area contributed by atoms with Crippen LogP contribution in [-0.4, -0.2) is 34.9 Å². The van der Waals surface area contributed by atoms with Crippen molar-refractivity contribution in [2.24, 2.45) is 4.99 Å². The van der Waals surface area contributed by atoms with Gasteiger partial charge in [0.2, 0.25) is 0 Å². The normalized spacial score (nSPS) is 17.5. The molecule has 0 aromatic heterocycles. The molecule has 107 valence electrons. The summed E-state index contributed by atoms with van der Waals surface area (Å²) in [5.41, 5.74) is 3.79. The number of hydrogen-bond acceptors (Lipinski definition) is 3. The van der Waals surface area contributed by atoms with Crippen molar-refractivity contribution in [3.05, 3.63) is 41.5 Å². The van der Waals surface area contributed by atoms with Crippen LogP contribution in [0.1, 0.15) is 37.3 Å². The summed E-state index contributed by atoms with van der Waals surface area (Å²) in [5.74, 6) is 0. The van der Waals surface area contributed by atoms with Crippen molar-refractivity contribution in [1.82, 2.24) is 0 Å². The minimum absolute atomic E-state index is 0.148. The molecule has 0 aliphatic heterocycles. The van der Waals surface area contributed by atoms with Gasteiger partial charge in [-0.15, -0.1) is 0 Å². The van der Waals surface area contributed by atoms with Crippen molar-refractivity contribution in [3.63, 3.8) is 0 Å². The van der Waals surface area contributed by atoms with E-state index in [4.69, 9.17) is 13.8 Å². The van der Waals surface area contributed by atoms with Crippen LogP contribution < -0.4 is 0 Å². The van der Waals surface area contributed by atoms with Crippen molar-refractivity contribution < 1.29 is 8.85 Å². The Hall–Kier alpha value is -1.23. The smallest absolute Gasteiger partial charge is 0.395 e. The Balaban J connectivity index is 2.30. The topological polar surface area (TPSA) is 30.8 Å². The molecule has 1 atom stereocenters. The number of nitrogens with zero attached hydrogens (tertiary/aromatic N) is 1. The van der Waals surface area contributed by atoms with E-state index in [0.29, 0.717) is 0 Å². The van der Waals surface area contributed by atoms with Crippen molar-refractivity contribution in [2.75, 3.05) is 14.2 Å². The lowest BCUT2D eigenvalue weighted by atomic mass is 9.95. The monoisotopic (exact) mass is 288 g/mol. The number of fused-ring (bicyclic) bond motifs is 1. The molecule has 1 radical (unpaired) electrons. The molecule has 1 unspecified atom stereocenters. The predicted molar refractivity (Wildman–Crippen MR) is 85.1 cm³/mol. The molecule has 0 bridgehead atoms. The third kappa shape index (κ3) is 3.45. The Bertz CT molecular complexity index is 495. The molecule has 0 N–H and O–H groups in total. The predicted octanol–water partition coefficient (Wildman–Crippen LogP) is 3.38. The number of rotatable bonds is 6. The lowest BCUT2D eigenvalue weighted by Gasteiger charge is -2.20. The van der Waals surface area contributed by atoms with E-state index in [9.17, 15) is 0 Å². The lowest BCUT2D eigenvalue weighted by Crippen LogP contribution is -2.35. The molecule has 20 heavy (non-hydrogen) atoms. The van der Waals surface area contributed by atoms with Crippen LogP contribution in [0.2, 0.25) is 0 Å². The molecular weight excluding hydrogens is 266 g/mol. The second kappa shape index (κ2) is 7.52. The summed E-state index contributed by atoms with van der Waals surface area (Å²) in [6, 6.07) is 8.41. The summed E-state index contributed by atoms with van der Waals surface area (Å²) in [6.45, 7) is 2.17. The zero-order chi connectivity index (χ0) is 14.4. The molecule has 1 aliphatic rings. The van der Waals surface area contributed by atoms with Crippen molar-refractivity contribution in [2.45, 2.75) is 31.9 Å². The first-order valence-electron chi connectivity index (χ1n) is 7.07. The van der Waals surface area contributed by atoms with Gasteiger partial charge in [-0.1, -0.05) is 49.8 Å². The molecule has 0 spiro atoms. The van der Waals surface area contributed by atoms with E-state index in [2.05, 4.69) is 43.3 Å². The molecule has 0 saturated carbocycles. The first kappa shape index (κ1) is 15.2. The Morgan fingerprint density at radius 3 is 2.70 bits per heavy atom. The highest BCUT2D eigenvalue weighted by atomic mass is 28.3. The maximum atomic E-state index is 5.50. The van der Waals surface area contributed by atoms with E-state index in [-0.39, 0.29) is 5.67 Å². The van der Waals surface area contributed by atoms with Gasteiger partial charge < -0.3 is 8.85 Å². The summed E-state index contributed by atoms with van der Waals surface area (Å²) >= 11 is 0. The van der Waals surface area contributed by atoms with E-state index in [0.717, 1.165) is 25.0 Å². The first-order valence-corrected chi connectivity index (χ1v) is 8.47. The fourth-order valence-electron chi connectivity index (χ4n) is 2.49. The Labute approximate surface area is 123 Å². The van der Waals surface area contributed by atoms with Crippen molar-refractivity contribution in [3.8, 4) is 0 Å². The van der Waals surface area contributed by atoms with E-state index in [1.165, 1.54) is 11.1 Å². The van der Waals surface area contributed by atoms with Crippen LogP contribution in [0.15, 0.2) is 35.3 Å². The van der Waals surface area contributed by atoms with Gasteiger partial charge in [-0.2, -0.15) is 0 Å². The molecule has 1 aromatic rings. The van der Waals surface area contributed by atoms with Gasteiger partial charge in [0.05, 0.1) is 5.67 Å². The third-order valence-electron chi connectivity index (χ3n) is 3.43. The van der Waals surface area contributed by atoms with Crippen LogP contribution in [-0.2, 0) is 8.85 Å². The summed E-state index contributed by atoms with van der Waals surface area (Å²) in [7, 11) is 2.10. The quantitative estimate of drug-likeness (QED) is 0.751. The van der Waals surface area contributed by atoms with Gasteiger partial charge >= 0.3 is 9.28 Å². The fourth-order valence-corrected chi connectivity index (χ4v) is 3.98. The van der Waals surface area contributed by atoms with Gasteiger partial charge in [0.25, 0.3) is 0 Å². The molecule has 0 saturated heterocycles. The highest BCUT2D eigenvalue weighted by molar-refractivity contribution is 6.46. The zero-order valence-corrected chi connectivity index (χ0v) is 13.4. The summed E-state index contributed by atoms with van der Waals surface area (Å²) in [4.78, 5) is 4.97. The number of allylic oxidation sites excluding steroid dienone is 1. The standard InChI is InChI=1S/C16H22NO2Si/c1-4-8-16(20(18-2)19-3)17-15-12-7-10-13-9-5-6-11-14(13)15/h5-7,9-11,16H,4,8,12H2,1-3H3. The lowest BCUT2D eigenvalue weighted by molar-refractivity contribution is 0.264. The number of hydrogen-bond donors (Lipinski definition) is 0. The average Bonchev–Trinajstić information content (AvgIpc) is 2.49. The van der Waals surface area contributed by atoms with Gasteiger partial charge in [-0.25, -0.2) is 0 Å². The molecule has 3 nitrogen and oxygen atoms in total. The maximum absolute atomic E-state index is 5.50. The second-order valence-electron chi connectivity index (χ2n) is 4.80. The van der Waals surface area contributed by atoms with Crippen LogP contribution >= 0.6 is 0 Å². The maximum Gasteiger partial charge on any atom is 0.411 e. The molecule has 1 aromatic carbocycles. The molecular formula is C16H22NO2Si. The fraction of sp³-hybridized carbons (Fsp3) is 0.438. The minimum Gasteiger partial charge on any atom is -0.395 e. The third-order valence-corrected chi connectivity index (χ3v) is 5.20. The summed E-state index contributed by atoms with van der Waals surface area (Å²) in [5, 5.41) is 0. The van der Waals surface area contributed by atoms with Gasteiger partial charge in [-0.05, 0) is 12.0 Å².